The molecule has 0 saturated carbocycles. The van der Waals surface area contributed by atoms with E-state index in [0.717, 1.165) is 33.8 Å². The number of thiocarbonyl (C=S) groups is 1. The summed E-state index contributed by atoms with van der Waals surface area (Å²) in [5.41, 5.74) is 5.32. The van der Waals surface area contributed by atoms with Crippen LogP contribution < -0.4 is 10.7 Å². The zero-order valence-electron chi connectivity index (χ0n) is 16.1. The zero-order valence-corrected chi connectivity index (χ0v) is 16.9. The number of halogens is 3. The summed E-state index contributed by atoms with van der Waals surface area (Å²) in [6.45, 7) is 0. The van der Waals surface area contributed by atoms with Crippen molar-refractivity contribution in [3.63, 3.8) is 0 Å². The molecular weight excluding hydrogens is 421 g/mol. The molecular formula is C23H17F3N4S. The summed E-state index contributed by atoms with van der Waals surface area (Å²) in [7, 11) is 0. The summed E-state index contributed by atoms with van der Waals surface area (Å²) in [6, 6.07) is 22.7. The molecule has 1 heterocycles. The maximum atomic E-state index is 13.2. The van der Waals surface area contributed by atoms with E-state index < -0.39 is 11.7 Å². The van der Waals surface area contributed by atoms with Crippen LogP contribution in [0.4, 0.5) is 18.9 Å². The van der Waals surface area contributed by atoms with Gasteiger partial charge in [0.15, 0.2) is 5.11 Å². The second-order valence-electron chi connectivity index (χ2n) is 6.69. The molecule has 0 bridgehead atoms. The van der Waals surface area contributed by atoms with Gasteiger partial charge in [-0.15, -0.1) is 0 Å². The Morgan fingerprint density at radius 3 is 2.35 bits per heavy atom. The quantitative estimate of drug-likeness (QED) is 0.203. The third-order valence-electron chi connectivity index (χ3n) is 4.65. The van der Waals surface area contributed by atoms with E-state index >= 15 is 0 Å². The van der Waals surface area contributed by atoms with E-state index in [1.165, 1.54) is 18.2 Å². The second kappa shape index (κ2) is 8.61. The summed E-state index contributed by atoms with van der Waals surface area (Å²) in [4.78, 5) is 3.39. The number of nitrogens with zero attached hydrogens (tertiary/aromatic N) is 1. The smallest absolute Gasteiger partial charge is 0.354 e. The molecule has 1 aromatic heterocycles. The van der Waals surface area contributed by atoms with E-state index in [2.05, 4.69) is 20.8 Å². The van der Waals surface area contributed by atoms with Gasteiger partial charge in [-0.25, -0.2) is 0 Å². The number of hydrogen-bond donors (Lipinski definition) is 3. The Balaban J connectivity index is 1.57. The van der Waals surface area contributed by atoms with E-state index in [9.17, 15) is 13.2 Å². The Labute approximate surface area is 181 Å². The molecule has 4 nitrogen and oxygen atoms in total. The Kier molecular flexibility index (Phi) is 5.73. The molecule has 4 aromatic rings. The number of para-hydroxylation sites is 2. The van der Waals surface area contributed by atoms with Gasteiger partial charge in [0, 0.05) is 16.5 Å². The van der Waals surface area contributed by atoms with Crippen molar-refractivity contribution in [3.05, 3.63) is 90.0 Å². The third kappa shape index (κ3) is 4.59. The number of nitrogens with one attached hydrogen (secondary N) is 3. The summed E-state index contributed by atoms with van der Waals surface area (Å²) in [5.74, 6) is 0. The summed E-state index contributed by atoms with van der Waals surface area (Å²) in [5, 5.41) is 7.64. The number of hydrogen-bond acceptors (Lipinski definition) is 2. The van der Waals surface area contributed by atoms with Crippen LogP contribution in [0.5, 0.6) is 0 Å². The average Bonchev–Trinajstić information content (AvgIpc) is 3.13. The molecule has 0 radical (unpaired) electrons. The van der Waals surface area contributed by atoms with Crippen LogP contribution in [-0.4, -0.2) is 16.3 Å². The van der Waals surface area contributed by atoms with Gasteiger partial charge in [-0.3, -0.25) is 5.43 Å². The zero-order chi connectivity index (χ0) is 21.8. The van der Waals surface area contributed by atoms with Crippen molar-refractivity contribution in [2.45, 2.75) is 6.18 Å². The number of H-pyrrole nitrogens is 1. The molecule has 0 aliphatic carbocycles. The minimum atomic E-state index is -4.49. The van der Waals surface area contributed by atoms with E-state index in [-0.39, 0.29) is 10.8 Å². The molecule has 3 aromatic carbocycles. The molecule has 0 saturated heterocycles. The van der Waals surface area contributed by atoms with Gasteiger partial charge < -0.3 is 10.3 Å². The molecule has 0 spiro atoms. The lowest BCUT2D eigenvalue weighted by molar-refractivity contribution is -0.136. The number of alkyl halides is 3. The van der Waals surface area contributed by atoms with Crippen molar-refractivity contribution < 1.29 is 13.2 Å². The normalized spacial score (nSPS) is 11.7. The first-order chi connectivity index (χ1) is 14.9. The number of anilines is 1. The van der Waals surface area contributed by atoms with Crippen LogP contribution in [0.3, 0.4) is 0 Å². The first-order valence-corrected chi connectivity index (χ1v) is 9.77. The van der Waals surface area contributed by atoms with Crippen LogP contribution in [0, 0.1) is 0 Å². The number of aromatic amines is 1. The van der Waals surface area contributed by atoms with Gasteiger partial charge >= 0.3 is 6.18 Å². The number of hydrazone groups is 1. The molecule has 4 rings (SSSR count). The van der Waals surface area contributed by atoms with Gasteiger partial charge in [-0.2, -0.15) is 18.3 Å². The maximum Gasteiger partial charge on any atom is 0.418 e. The van der Waals surface area contributed by atoms with Crippen LogP contribution >= 0.6 is 12.2 Å². The monoisotopic (exact) mass is 438 g/mol. The summed E-state index contributed by atoms with van der Waals surface area (Å²) < 4.78 is 39.5. The lowest BCUT2D eigenvalue weighted by Crippen LogP contribution is -2.25. The highest BCUT2D eigenvalue weighted by atomic mass is 32.1. The van der Waals surface area contributed by atoms with Crippen LogP contribution in [0.2, 0.25) is 0 Å². The molecule has 0 amide bonds. The predicted molar refractivity (Wildman–Crippen MR) is 122 cm³/mol. The predicted octanol–water partition coefficient (Wildman–Crippen LogP) is 6.17. The number of rotatable bonds is 4. The van der Waals surface area contributed by atoms with Crippen molar-refractivity contribution in [2.75, 3.05) is 5.32 Å². The minimum absolute atomic E-state index is 0.0472. The van der Waals surface area contributed by atoms with E-state index in [0.29, 0.717) is 0 Å². The number of benzene rings is 3. The van der Waals surface area contributed by atoms with E-state index in [1.54, 1.807) is 6.21 Å². The second-order valence-corrected chi connectivity index (χ2v) is 7.10. The lowest BCUT2D eigenvalue weighted by Gasteiger charge is -2.14. The van der Waals surface area contributed by atoms with Gasteiger partial charge in [0.05, 0.1) is 23.2 Å². The Morgan fingerprint density at radius 2 is 1.58 bits per heavy atom. The van der Waals surface area contributed by atoms with Gasteiger partial charge in [0.2, 0.25) is 0 Å². The SMILES string of the molecule is FC(F)(F)c1ccccc1NC(=S)N/N=C\c1c(-c2ccccc2)[nH]c2ccccc12. The average molecular weight is 438 g/mol. The highest BCUT2D eigenvalue weighted by Crippen LogP contribution is 2.34. The van der Waals surface area contributed by atoms with Crippen molar-refractivity contribution in [1.29, 1.82) is 0 Å². The third-order valence-corrected chi connectivity index (χ3v) is 4.84. The Bertz CT molecular complexity index is 1250. The fourth-order valence-electron chi connectivity index (χ4n) is 3.28. The summed E-state index contributed by atoms with van der Waals surface area (Å²) >= 11 is 5.12. The van der Waals surface area contributed by atoms with E-state index in [4.69, 9.17) is 12.2 Å². The largest absolute Gasteiger partial charge is 0.418 e. The maximum absolute atomic E-state index is 13.2. The van der Waals surface area contributed by atoms with Crippen molar-refractivity contribution in [2.24, 2.45) is 5.10 Å². The fraction of sp³-hybridized carbons (Fsp3) is 0.0435. The number of fused-ring (bicyclic) bond motifs is 1. The van der Waals surface area contributed by atoms with Crippen molar-refractivity contribution >= 4 is 40.1 Å². The first-order valence-electron chi connectivity index (χ1n) is 9.36. The molecule has 0 aliphatic heterocycles. The van der Waals surface area contributed by atoms with Crippen LogP contribution in [0.1, 0.15) is 11.1 Å². The number of aromatic nitrogens is 1. The highest BCUT2D eigenvalue weighted by molar-refractivity contribution is 7.80. The van der Waals surface area contributed by atoms with Gasteiger partial charge in [0.1, 0.15) is 0 Å². The van der Waals surface area contributed by atoms with Crippen molar-refractivity contribution in [1.82, 2.24) is 10.4 Å². The molecule has 0 atom stereocenters. The molecule has 0 aliphatic rings. The first kappa shape index (κ1) is 20.6. The summed E-state index contributed by atoms with van der Waals surface area (Å²) in [6.07, 6.45) is -2.89. The topological polar surface area (TPSA) is 52.2 Å². The Morgan fingerprint density at radius 1 is 0.903 bits per heavy atom. The highest BCUT2D eigenvalue weighted by Gasteiger charge is 2.33. The van der Waals surface area contributed by atoms with Crippen molar-refractivity contribution in [3.8, 4) is 11.3 Å². The van der Waals surface area contributed by atoms with Gasteiger partial charge in [-0.05, 0) is 36.0 Å². The molecule has 0 fully saturated rings. The van der Waals surface area contributed by atoms with Crippen LogP contribution in [0.25, 0.3) is 22.2 Å². The van der Waals surface area contributed by atoms with E-state index in [1.807, 2.05) is 54.6 Å². The molecule has 156 valence electrons. The van der Waals surface area contributed by atoms with Gasteiger partial charge in [-0.1, -0.05) is 60.7 Å². The fourth-order valence-corrected chi connectivity index (χ4v) is 3.44. The Hall–Kier alpha value is -3.65. The molecule has 3 N–H and O–H groups in total. The minimum Gasteiger partial charge on any atom is -0.354 e. The lowest BCUT2D eigenvalue weighted by atomic mass is 10.1. The molecule has 8 heteroatoms. The van der Waals surface area contributed by atoms with Gasteiger partial charge in [0.25, 0.3) is 0 Å². The standard InChI is InChI=1S/C23H17F3N4S/c24-23(25,26)18-11-5-7-13-20(18)29-22(31)30-27-14-17-16-10-4-6-12-19(16)28-21(17)15-8-2-1-3-9-15/h1-14,28H,(H2,29,30,31)/b27-14-. The van der Waals surface area contributed by atoms with Crippen LogP contribution in [-0.2, 0) is 6.18 Å². The van der Waals surface area contributed by atoms with Crippen LogP contribution in [0.15, 0.2) is 84.0 Å². The molecule has 0 unspecified atom stereocenters. The molecule has 31 heavy (non-hydrogen) atoms.